The molecule has 2 aliphatic rings. The van der Waals surface area contributed by atoms with E-state index in [1.807, 2.05) is 0 Å². The van der Waals surface area contributed by atoms with Gasteiger partial charge in [-0.25, -0.2) is 4.21 Å². The number of amides is 2. The van der Waals surface area contributed by atoms with Gasteiger partial charge in [-0.15, -0.1) is 0 Å². The number of ether oxygens (including phenoxy) is 1. The number of carbonyl (C=O) groups is 2. The Balaban J connectivity index is 1.61. The van der Waals surface area contributed by atoms with Gasteiger partial charge in [-0.1, -0.05) is 18.5 Å². The summed E-state index contributed by atoms with van der Waals surface area (Å²) in [6, 6.07) is 1.53. The maximum absolute atomic E-state index is 13.2. The smallest absolute Gasteiger partial charge is 0.274 e. The summed E-state index contributed by atoms with van der Waals surface area (Å²) in [5.74, 6) is 0.252. The van der Waals surface area contributed by atoms with Gasteiger partial charge in [0.2, 0.25) is 0 Å². The molecule has 29 heavy (non-hydrogen) atoms. The van der Waals surface area contributed by atoms with Crippen LogP contribution in [-0.2, 0) is 26.3 Å². The lowest BCUT2D eigenvalue weighted by atomic mass is 9.91. The van der Waals surface area contributed by atoms with Crippen molar-refractivity contribution in [2.75, 3.05) is 31.2 Å². The summed E-state index contributed by atoms with van der Waals surface area (Å²) in [4.78, 5) is 26.8. The van der Waals surface area contributed by atoms with E-state index in [1.54, 1.807) is 11.9 Å². The van der Waals surface area contributed by atoms with Gasteiger partial charge >= 0.3 is 0 Å². The monoisotopic (exact) mass is 444 g/mol. The number of rotatable bonds is 4. The van der Waals surface area contributed by atoms with Crippen molar-refractivity contribution in [3.63, 3.8) is 0 Å². The molecule has 3 atom stereocenters. The third-order valence-electron chi connectivity index (χ3n) is 5.56. The molecule has 0 radical (unpaired) electrons. The van der Waals surface area contributed by atoms with Crippen LogP contribution in [0.15, 0.2) is 10.4 Å². The first-order chi connectivity index (χ1) is 13.8. The number of aryl methyl sites for hydroxylation is 1. The topological polar surface area (TPSA) is 93.9 Å². The average Bonchev–Trinajstić information content (AvgIpc) is 2.90. The average molecular weight is 445 g/mol. The highest BCUT2D eigenvalue weighted by Crippen LogP contribution is 2.25. The highest BCUT2D eigenvalue weighted by molar-refractivity contribution is 7.93. The number of hydrogen-bond donors (Lipinski definition) is 0. The summed E-state index contributed by atoms with van der Waals surface area (Å²) >= 11 is 5.97. The molecule has 0 aromatic carbocycles. The molecule has 3 unspecified atom stereocenters. The number of nitrogens with zero attached hydrogens (tertiary/aromatic N) is 4. The zero-order valence-electron chi connectivity index (χ0n) is 17.0. The van der Waals surface area contributed by atoms with Gasteiger partial charge in [0.25, 0.3) is 11.8 Å². The molecule has 3 heterocycles. The van der Waals surface area contributed by atoms with Crippen LogP contribution in [0.4, 0.5) is 0 Å². The van der Waals surface area contributed by atoms with Crippen molar-refractivity contribution in [3.8, 4) is 0 Å². The van der Waals surface area contributed by atoms with E-state index in [0.29, 0.717) is 36.9 Å². The standard InChI is InChI=1S/C19H29ClN4O4S/c1-3-15-11-14(5-8-28-15)12-18(25)22-29(27)9-4-6-24(7-10-29)19(26)16-13-17(20)23(2)21-16/h13-15H,3-12H2,1-2H3. The van der Waals surface area contributed by atoms with Gasteiger partial charge in [-0.05, 0) is 31.6 Å². The highest BCUT2D eigenvalue weighted by atomic mass is 35.5. The normalized spacial score (nSPS) is 28.0. The maximum Gasteiger partial charge on any atom is 0.274 e. The summed E-state index contributed by atoms with van der Waals surface area (Å²) in [7, 11) is -0.982. The molecular weight excluding hydrogens is 416 g/mol. The van der Waals surface area contributed by atoms with E-state index in [1.165, 1.54) is 10.7 Å². The minimum atomic E-state index is -2.65. The van der Waals surface area contributed by atoms with Crippen LogP contribution in [0, 0.1) is 5.92 Å². The van der Waals surface area contributed by atoms with Gasteiger partial charge in [0.05, 0.1) is 15.8 Å². The molecule has 8 nitrogen and oxygen atoms in total. The van der Waals surface area contributed by atoms with Crippen LogP contribution in [0.2, 0.25) is 5.15 Å². The van der Waals surface area contributed by atoms with Crippen molar-refractivity contribution < 1.29 is 18.5 Å². The van der Waals surface area contributed by atoms with E-state index < -0.39 is 9.73 Å². The van der Waals surface area contributed by atoms with Crippen LogP contribution in [0.1, 0.15) is 49.5 Å². The molecule has 2 fully saturated rings. The van der Waals surface area contributed by atoms with Gasteiger partial charge in [0.15, 0.2) is 5.69 Å². The molecule has 2 saturated heterocycles. The molecule has 1 aromatic rings. The van der Waals surface area contributed by atoms with E-state index in [0.717, 1.165) is 19.3 Å². The van der Waals surface area contributed by atoms with Gasteiger partial charge in [-0.2, -0.15) is 9.46 Å². The number of aromatic nitrogens is 2. The fourth-order valence-corrected chi connectivity index (χ4v) is 5.91. The minimum absolute atomic E-state index is 0.202. The molecule has 2 aliphatic heterocycles. The zero-order chi connectivity index (χ0) is 21.0. The SMILES string of the molecule is CCC1CC(CC(=O)N=S2(=O)CCCN(C(=O)c3cc(Cl)n(C)n3)CC2)CCO1. The second-order valence-corrected chi connectivity index (χ2v) is 10.7. The predicted molar refractivity (Wildman–Crippen MR) is 111 cm³/mol. The van der Waals surface area contributed by atoms with Crippen LogP contribution >= 0.6 is 11.6 Å². The summed E-state index contributed by atoms with van der Waals surface area (Å²) < 4.78 is 24.4. The van der Waals surface area contributed by atoms with Crippen molar-refractivity contribution in [1.82, 2.24) is 14.7 Å². The summed E-state index contributed by atoms with van der Waals surface area (Å²) in [5, 5.41) is 4.49. The molecule has 2 amide bonds. The minimum Gasteiger partial charge on any atom is -0.378 e. The first kappa shape index (κ1) is 22.2. The van der Waals surface area contributed by atoms with Gasteiger partial charge in [-0.3, -0.25) is 14.3 Å². The summed E-state index contributed by atoms with van der Waals surface area (Å²) in [6.07, 6.45) is 3.70. The summed E-state index contributed by atoms with van der Waals surface area (Å²) in [5.41, 5.74) is 0.268. The zero-order valence-corrected chi connectivity index (χ0v) is 18.6. The first-order valence-electron chi connectivity index (χ1n) is 10.2. The second-order valence-electron chi connectivity index (χ2n) is 7.78. The van der Waals surface area contributed by atoms with Crippen molar-refractivity contribution in [2.24, 2.45) is 17.3 Å². The van der Waals surface area contributed by atoms with Crippen molar-refractivity contribution in [1.29, 1.82) is 0 Å². The van der Waals surface area contributed by atoms with Crippen molar-refractivity contribution >= 4 is 33.1 Å². The molecular formula is C19H29ClN4O4S. The van der Waals surface area contributed by atoms with E-state index in [4.69, 9.17) is 16.3 Å². The van der Waals surface area contributed by atoms with Gasteiger partial charge in [0.1, 0.15) is 5.15 Å². The molecule has 0 bridgehead atoms. The Labute approximate surface area is 177 Å². The Kier molecular flexibility index (Phi) is 7.34. The lowest BCUT2D eigenvalue weighted by Crippen LogP contribution is -2.34. The number of halogens is 1. The molecule has 0 aliphatic carbocycles. The molecule has 1 aromatic heterocycles. The van der Waals surface area contributed by atoms with E-state index >= 15 is 0 Å². The second kappa shape index (κ2) is 9.57. The Morgan fingerprint density at radius 3 is 2.86 bits per heavy atom. The van der Waals surface area contributed by atoms with Crippen LogP contribution in [0.25, 0.3) is 0 Å². The molecule has 0 saturated carbocycles. The van der Waals surface area contributed by atoms with Crippen molar-refractivity contribution in [2.45, 2.75) is 45.1 Å². The third kappa shape index (κ3) is 5.79. The van der Waals surface area contributed by atoms with Gasteiger partial charge < -0.3 is 9.64 Å². The van der Waals surface area contributed by atoms with Crippen LogP contribution in [0.5, 0.6) is 0 Å². The van der Waals surface area contributed by atoms with E-state index in [-0.39, 0.29) is 41.8 Å². The molecule has 10 heteroatoms. The summed E-state index contributed by atoms with van der Waals surface area (Å²) in [6.45, 7) is 3.50. The number of hydrogen-bond acceptors (Lipinski definition) is 5. The molecule has 0 spiro atoms. The van der Waals surface area contributed by atoms with Crippen molar-refractivity contribution in [3.05, 3.63) is 16.9 Å². The van der Waals surface area contributed by atoms with E-state index in [9.17, 15) is 13.8 Å². The van der Waals surface area contributed by atoms with Crippen LogP contribution < -0.4 is 0 Å². The van der Waals surface area contributed by atoms with Crippen LogP contribution in [-0.4, -0.2) is 68.0 Å². The Morgan fingerprint density at radius 1 is 1.38 bits per heavy atom. The highest BCUT2D eigenvalue weighted by Gasteiger charge is 2.27. The quantitative estimate of drug-likeness (QED) is 0.711. The maximum atomic E-state index is 13.2. The predicted octanol–water partition coefficient (Wildman–Crippen LogP) is 2.51. The fourth-order valence-electron chi connectivity index (χ4n) is 3.85. The molecule has 3 rings (SSSR count). The van der Waals surface area contributed by atoms with Crippen LogP contribution in [0.3, 0.4) is 0 Å². The lowest BCUT2D eigenvalue weighted by molar-refractivity contribution is -0.119. The largest absolute Gasteiger partial charge is 0.378 e. The first-order valence-corrected chi connectivity index (χ1v) is 12.4. The third-order valence-corrected chi connectivity index (χ3v) is 8.20. The fraction of sp³-hybridized carbons (Fsp3) is 0.737. The van der Waals surface area contributed by atoms with E-state index in [2.05, 4.69) is 16.4 Å². The molecule has 162 valence electrons. The molecule has 0 N–H and O–H groups in total. The Morgan fingerprint density at radius 2 is 2.17 bits per heavy atom. The van der Waals surface area contributed by atoms with Gasteiger partial charge in [0, 0.05) is 50.7 Å². The Bertz CT molecular complexity index is 858. The lowest BCUT2D eigenvalue weighted by Gasteiger charge is -2.28. The number of carbonyl (C=O) groups excluding carboxylic acids is 2. The Hall–Kier alpha value is -1.45.